The summed E-state index contributed by atoms with van der Waals surface area (Å²) in [5.41, 5.74) is 2.61. The number of aromatic amines is 1. The molecule has 1 N–H and O–H groups in total. The quantitative estimate of drug-likeness (QED) is 0.849. The molecule has 0 radical (unpaired) electrons. The molecule has 2 fully saturated rings. The molecule has 0 amide bonds. The van der Waals surface area contributed by atoms with Crippen LogP contribution in [0.25, 0.3) is 11.1 Å². The first-order valence-electron chi connectivity index (χ1n) is 9.70. The zero-order valence-corrected chi connectivity index (χ0v) is 15.9. The summed E-state index contributed by atoms with van der Waals surface area (Å²) < 4.78 is 12.6. The van der Waals surface area contributed by atoms with Crippen molar-refractivity contribution in [2.45, 2.75) is 50.5 Å². The van der Waals surface area contributed by atoms with Crippen LogP contribution in [-0.4, -0.2) is 34.8 Å². The van der Waals surface area contributed by atoms with Crippen molar-refractivity contribution in [3.8, 4) is 16.9 Å². The molecule has 27 heavy (non-hydrogen) atoms. The first-order chi connectivity index (χ1) is 13.1. The predicted molar refractivity (Wildman–Crippen MR) is 104 cm³/mol. The molecule has 5 rings (SSSR count). The highest BCUT2D eigenvalue weighted by Gasteiger charge is 2.42. The average molecular weight is 387 g/mol. The second kappa shape index (κ2) is 6.66. The molecular weight excluding hydrogens is 364 g/mol. The van der Waals surface area contributed by atoms with Gasteiger partial charge in [-0.15, -0.1) is 0 Å². The summed E-state index contributed by atoms with van der Waals surface area (Å²) in [6, 6.07) is 8.53. The summed E-state index contributed by atoms with van der Waals surface area (Å²) in [7, 11) is 0. The van der Waals surface area contributed by atoms with Gasteiger partial charge in [0.1, 0.15) is 10.8 Å². The van der Waals surface area contributed by atoms with Gasteiger partial charge in [-0.3, -0.25) is 9.69 Å². The lowest BCUT2D eigenvalue weighted by Gasteiger charge is -2.47. The van der Waals surface area contributed by atoms with Gasteiger partial charge in [0.2, 0.25) is 5.79 Å². The number of hydrogen-bond acceptors (Lipinski definition) is 4. The first kappa shape index (κ1) is 17.3. The van der Waals surface area contributed by atoms with Crippen molar-refractivity contribution in [2.75, 3.05) is 13.1 Å². The minimum absolute atomic E-state index is 0.190. The van der Waals surface area contributed by atoms with Crippen LogP contribution in [0.5, 0.6) is 5.75 Å². The van der Waals surface area contributed by atoms with Crippen LogP contribution in [0.3, 0.4) is 0 Å². The minimum Gasteiger partial charge on any atom is -0.462 e. The second-order valence-electron chi connectivity index (χ2n) is 7.81. The number of H-pyrrole nitrogens is 1. The maximum atomic E-state index is 11.5. The van der Waals surface area contributed by atoms with Crippen molar-refractivity contribution in [1.82, 2.24) is 9.88 Å². The van der Waals surface area contributed by atoms with Gasteiger partial charge in [-0.1, -0.05) is 24.1 Å². The van der Waals surface area contributed by atoms with Crippen LogP contribution >= 0.6 is 11.6 Å². The van der Waals surface area contributed by atoms with Gasteiger partial charge >= 0.3 is 0 Å². The highest BCUT2D eigenvalue weighted by atomic mass is 35.5. The average Bonchev–Trinajstić information content (AvgIpc) is 2.64. The Bertz CT molecular complexity index is 914. The number of hydrogen-bond donors (Lipinski definition) is 1. The van der Waals surface area contributed by atoms with Crippen molar-refractivity contribution in [3.05, 3.63) is 51.4 Å². The topological polar surface area (TPSA) is 54.6 Å². The summed E-state index contributed by atoms with van der Waals surface area (Å²) in [6.07, 6.45) is 7.57. The van der Waals surface area contributed by atoms with E-state index < -0.39 is 5.79 Å². The first-order valence-corrected chi connectivity index (χ1v) is 10.1. The van der Waals surface area contributed by atoms with E-state index in [-0.39, 0.29) is 10.6 Å². The molecular formula is C21H23ClN2O3. The highest BCUT2D eigenvalue weighted by Crippen LogP contribution is 2.40. The van der Waals surface area contributed by atoms with E-state index in [4.69, 9.17) is 21.1 Å². The van der Waals surface area contributed by atoms with Crippen LogP contribution in [0.1, 0.15) is 37.7 Å². The third kappa shape index (κ3) is 3.18. The number of halogens is 1. The number of nitrogens with zero attached hydrogens (tertiary/aromatic N) is 1. The van der Waals surface area contributed by atoms with E-state index in [2.05, 4.69) is 16.0 Å². The molecule has 1 aromatic carbocycles. The molecule has 0 unspecified atom stereocenters. The molecule has 1 aliphatic carbocycles. The lowest BCUT2D eigenvalue weighted by molar-refractivity contribution is -0.231. The smallest absolute Gasteiger partial charge is 0.266 e. The minimum atomic E-state index is -0.476. The molecule has 3 heterocycles. The number of likely N-dealkylation sites (tertiary alicyclic amines) is 1. The molecule has 1 aromatic heterocycles. The van der Waals surface area contributed by atoms with Gasteiger partial charge in [-0.25, -0.2) is 0 Å². The van der Waals surface area contributed by atoms with Crippen LogP contribution in [0.2, 0.25) is 5.02 Å². The summed E-state index contributed by atoms with van der Waals surface area (Å²) in [4.78, 5) is 16.7. The summed E-state index contributed by atoms with van der Waals surface area (Å²) >= 11 is 5.96. The Kier molecular flexibility index (Phi) is 4.26. The van der Waals surface area contributed by atoms with Crippen molar-refractivity contribution < 1.29 is 9.47 Å². The van der Waals surface area contributed by atoms with Gasteiger partial charge in [0, 0.05) is 43.7 Å². The third-order valence-electron chi connectivity index (χ3n) is 6.19. The highest BCUT2D eigenvalue weighted by molar-refractivity contribution is 6.30. The maximum absolute atomic E-state index is 11.5. The molecule has 6 heteroatoms. The molecule has 0 bridgehead atoms. The Labute approximate surface area is 163 Å². The Hall–Kier alpha value is -1.82. The van der Waals surface area contributed by atoms with Gasteiger partial charge in [-0.2, -0.15) is 0 Å². The lowest BCUT2D eigenvalue weighted by Crippen LogP contribution is -2.54. The number of benzene rings is 1. The van der Waals surface area contributed by atoms with Gasteiger partial charge in [0.15, 0.2) is 0 Å². The Morgan fingerprint density at radius 1 is 1.15 bits per heavy atom. The number of fused-ring (bicyclic) bond motifs is 1. The largest absolute Gasteiger partial charge is 0.462 e. The molecule has 2 aliphatic heterocycles. The van der Waals surface area contributed by atoms with Crippen molar-refractivity contribution in [3.63, 3.8) is 0 Å². The predicted octanol–water partition coefficient (Wildman–Crippen LogP) is 3.95. The summed E-state index contributed by atoms with van der Waals surface area (Å²) in [6.45, 7) is 2.64. The molecule has 3 aliphatic rings. The Morgan fingerprint density at radius 3 is 2.67 bits per heavy atom. The van der Waals surface area contributed by atoms with Crippen LogP contribution in [0, 0.1) is 0 Å². The van der Waals surface area contributed by atoms with Gasteiger partial charge in [-0.05, 0) is 42.2 Å². The van der Waals surface area contributed by atoms with Crippen molar-refractivity contribution in [2.24, 2.45) is 0 Å². The van der Waals surface area contributed by atoms with Gasteiger partial charge in [0.05, 0.1) is 6.61 Å². The Morgan fingerprint density at radius 2 is 1.96 bits per heavy atom. The number of nitrogens with one attached hydrogen (secondary N) is 1. The second-order valence-corrected chi connectivity index (χ2v) is 8.22. The standard InChI is InChI=1S/C21H23ClN2O3/c22-18-11-15(12-23-20(18)25)14-4-5-19-16(10-14)13-26-21(27-19)6-8-24(9-7-21)17-2-1-3-17/h4-5,10-12,17H,1-3,6-9,13H2,(H,23,25). The fourth-order valence-corrected chi connectivity index (χ4v) is 4.43. The van der Waals surface area contributed by atoms with E-state index in [1.807, 2.05) is 12.1 Å². The van der Waals surface area contributed by atoms with Crippen molar-refractivity contribution in [1.29, 1.82) is 0 Å². The number of rotatable bonds is 2. The van der Waals surface area contributed by atoms with Gasteiger partial charge in [0.25, 0.3) is 5.56 Å². The molecule has 0 atom stereocenters. The summed E-state index contributed by atoms with van der Waals surface area (Å²) in [5.74, 6) is 0.424. The molecule has 1 saturated carbocycles. The molecule has 1 saturated heterocycles. The monoisotopic (exact) mass is 386 g/mol. The normalized spacial score (nSPS) is 22.1. The maximum Gasteiger partial charge on any atom is 0.266 e. The number of ether oxygens (including phenoxy) is 2. The fraction of sp³-hybridized carbons (Fsp3) is 0.476. The zero-order chi connectivity index (χ0) is 18.4. The molecule has 2 aromatic rings. The molecule has 142 valence electrons. The van der Waals surface area contributed by atoms with E-state index in [0.717, 1.165) is 54.4 Å². The van der Waals surface area contributed by atoms with E-state index in [1.165, 1.54) is 19.3 Å². The van der Waals surface area contributed by atoms with Crippen LogP contribution < -0.4 is 10.3 Å². The number of aromatic nitrogens is 1. The van der Waals surface area contributed by atoms with E-state index in [9.17, 15) is 4.79 Å². The lowest BCUT2D eigenvalue weighted by atomic mass is 9.89. The van der Waals surface area contributed by atoms with Gasteiger partial charge < -0.3 is 14.5 Å². The summed E-state index contributed by atoms with van der Waals surface area (Å²) in [5, 5.41) is 0.190. The fourth-order valence-electron chi connectivity index (χ4n) is 4.26. The third-order valence-corrected chi connectivity index (χ3v) is 6.47. The van der Waals surface area contributed by atoms with Crippen LogP contribution in [-0.2, 0) is 11.3 Å². The van der Waals surface area contributed by atoms with E-state index in [1.54, 1.807) is 12.3 Å². The SMILES string of the molecule is O=c1[nH]cc(-c2ccc3c(c2)COC2(CCN(C4CCC4)CC2)O3)cc1Cl. The van der Waals surface area contributed by atoms with E-state index >= 15 is 0 Å². The van der Waals surface area contributed by atoms with E-state index in [0.29, 0.717) is 6.61 Å². The number of piperidine rings is 1. The molecule has 5 nitrogen and oxygen atoms in total. The number of pyridine rings is 1. The molecule has 1 spiro atoms. The van der Waals surface area contributed by atoms with Crippen molar-refractivity contribution >= 4 is 11.6 Å². The Balaban J connectivity index is 1.33. The van der Waals surface area contributed by atoms with Crippen LogP contribution in [0.15, 0.2) is 35.3 Å². The zero-order valence-electron chi connectivity index (χ0n) is 15.2. The van der Waals surface area contributed by atoms with Crippen LogP contribution in [0.4, 0.5) is 0 Å².